The Labute approximate surface area is 111 Å². The number of pyridine rings is 1. The second kappa shape index (κ2) is 3.79. The monoisotopic (exact) mass is 243 g/mol. The van der Waals surface area contributed by atoms with Gasteiger partial charge in [0.25, 0.3) is 0 Å². The molecule has 0 amide bonds. The summed E-state index contributed by atoms with van der Waals surface area (Å²) >= 11 is 0. The molecule has 0 N–H and O–H groups in total. The average Bonchev–Trinajstić information content (AvgIpc) is 2.46. The van der Waals surface area contributed by atoms with Gasteiger partial charge in [-0.2, -0.15) is 0 Å². The summed E-state index contributed by atoms with van der Waals surface area (Å²) < 4.78 is 0. The molecule has 4 aromatic rings. The first-order valence-corrected chi connectivity index (χ1v) is 6.51. The highest BCUT2D eigenvalue weighted by atomic mass is 14.7. The molecule has 0 bridgehead atoms. The van der Waals surface area contributed by atoms with Crippen LogP contribution in [0, 0.1) is 6.92 Å². The number of hydrogen-bond donors (Lipinski definition) is 0. The van der Waals surface area contributed by atoms with Crippen molar-refractivity contribution >= 4 is 32.6 Å². The molecular weight excluding hydrogens is 230 g/mol. The molecule has 90 valence electrons. The van der Waals surface area contributed by atoms with E-state index in [0.717, 1.165) is 11.0 Å². The van der Waals surface area contributed by atoms with E-state index < -0.39 is 0 Å². The molecule has 1 heterocycles. The van der Waals surface area contributed by atoms with Crippen LogP contribution >= 0.6 is 0 Å². The third-order valence-corrected chi connectivity index (χ3v) is 3.74. The van der Waals surface area contributed by atoms with E-state index in [1.54, 1.807) is 0 Å². The van der Waals surface area contributed by atoms with Crippen molar-refractivity contribution in [1.29, 1.82) is 0 Å². The van der Waals surface area contributed by atoms with E-state index in [0.29, 0.717) is 0 Å². The highest BCUT2D eigenvalue weighted by molar-refractivity contribution is 6.08. The van der Waals surface area contributed by atoms with E-state index >= 15 is 0 Å². The summed E-state index contributed by atoms with van der Waals surface area (Å²) in [5.41, 5.74) is 3.43. The largest absolute Gasteiger partial charge is 0.247 e. The molecule has 0 aliphatic heterocycles. The number of benzene rings is 3. The van der Waals surface area contributed by atoms with Crippen LogP contribution in [0.5, 0.6) is 0 Å². The van der Waals surface area contributed by atoms with Gasteiger partial charge in [0, 0.05) is 16.2 Å². The van der Waals surface area contributed by atoms with Crippen molar-refractivity contribution in [2.75, 3.05) is 0 Å². The molecule has 0 fully saturated rings. The summed E-state index contributed by atoms with van der Waals surface area (Å²) in [6.07, 6.45) is 0. The Morgan fingerprint density at radius 1 is 0.684 bits per heavy atom. The Hall–Kier alpha value is -2.41. The third-order valence-electron chi connectivity index (χ3n) is 3.74. The van der Waals surface area contributed by atoms with E-state index in [9.17, 15) is 0 Å². The lowest BCUT2D eigenvalue weighted by Gasteiger charge is -2.07. The molecular formula is C18H13N. The zero-order chi connectivity index (χ0) is 12.8. The lowest BCUT2D eigenvalue weighted by Crippen LogP contribution is -1.87. The minimum atomic E-state index is 1.10. The van der Waals surface area contributed by atoms with E-state index in [-0.39, 0.29) is 0 Å². The second-order valence-electron chi connectivity index (χ2n) is 4.99. The molecule has 0 radical (unpaired) electrons. The van der Waals surface area contributed by atoms with Gasteiger partial charge in [0.2, 0.25) is 0 Å². The second-order valence-corrected chi connectivity index (χ2v) is 4.99. The predicted octanol–water partition coefficient (Wildman–Crippen LogP) is 4.85. The van der Waals surface area contributed by atoms with Crippen LogP contribution in [0.3, 0.4) is 0 Å². The summed E-state index contributed by atoms with van der Waals surface area (Å²) in [5.74, 6) is 0. The lowest BCUT2D eigenvalue weighted by molar-refractivity contribution is 1.43. The summed E-state index contributed by atoms with van der Waals surface area (Å²) in [5, 5.41) is 4.89. The molecule has 0 aliphatic carbocycles. The van der Waals surface area contributed by atoms with Crippen molar-refractivity contribution in [3.63, 3.8) is 0 Å². The third kappa shape index (κ3) is 1.52. The van der Waals surface area contributed by atoms with Crippen LogP contribution < -0.4 is 0 Å². The van der Waals surface area contributed by atoms with Crippen LogP contribution in [0.1, 0.15) is 5.56 Å². The van der Waals surface area contributed by atoms with Gasteiger partial charge in [0.15, 0.2) is 0 Å². The van der Waals surface area contributed by atoms with Gasteiger partial charge in [0.1, 0.15) is 0 Å². The fraction of sp³-hybridized carbons (Fsp3) is 0.0556. The van der Waals surface area contributed by atoms with Crippen molar-refractivity contribution in [2.24, 2.45) is 0 Å². The molecule has 0 saturated heterocycles. The summed E-state index contributed by atoms with van der Waals surface area (Å²) in [7, 11) is 0. The van der Waals surface area contributed by atoms with Gasteiger partial charge >= 0.3 is 0 Å². The molecule has 19 heavy (non-hydrogen) atoms. The van der Waals surface area contributed by atoms with E-state index in [2.05, 4.69) is 67.6 Å². The first-order chi connectivity index (χ1) is 9.33. The number of aryl methyl sites for hydroxylation is 1. The number of aromatic nitrogens is 1. The SMILES string of the molecule is Cc1cccc2cc3ccc4ccccc4c3nc12. The van der Waals surface area contributed by atoms with Crippen LogP contribution in [0.25, 0.3) is 32.6 Å². The number of hydrogen-bond acceptors (Lipinski definition) is 1. The van der Waals surface area contributed by atoms with Gasteiger partial charge in [-0.1, -0.05) is 54.6 Å². The minimum absolute atomic E-state index is 1.10. The maximum atomic E-state index is 4.91. The smallest absolute Gasteiger partial charge is 0.0788 e. The van der Waals surface area contributed by atoms with Crippen molar-refractivity contribution in [3.05, 3.63) is 66.2 Å². The molecule has 3 aromatic carbocycles. The normalized spacial score (nSPS) is 11.4. The van der Waals surface area contributed by atoms with Gasteiger partial charge in [-0.15, -0.1) is 0 Å². The molecule has 1 heteroatoms. The first kappa shape index (κ1) is 10.5. The Kier molecular flexibility index (Phi) is 2.10. The van der Waals surface area contributed by atoms with Crippen LogP contribution in [-0.2, 0) is 0 Å². The van der Waals surface area contributed by atoms with Crippen molar-refractivity contribution in [3.8, 4) is 0 Å². The zero-order valence-electron chi connectivity index (χ0n) is 10.7. The highest BCUT2D eigenvalue weighted by Gasteiger charge is 2.05. The summed E-state index contributed by atoms with van der Waals surface area (Å²) in [4.78, 5) is 4.91. The van der Waals surface area contributed by atoms with E-state index in [1.165, 1.54) is 27.1 Å². The van der Waals surface area contributed by atoms with Gasteiger partial charge in [0.05, 0.1) is 11.0 Å². The molecule has 1 aromatic heterocycles. The topological polar surface area (TPSA) is 12.9 Å². The molecule has 0 aliphatic rings. The number of para-hydroxylation sites is 1. The lowest BCUT2D eigenvalue weighted by atomic mass is 10.0. The number of rotatable bonds is 0. The number of fused-ring (bicyclic) bond motifs is 4. The molecule has 1 nitrogen and oxygen atoms in total. The summed E-state index contributed by atoms with van der Waals surface area (Å²) in [6.45, 7) is 2.12. The quantitative estimate of drug-likeness (QED) is 0.318. The van der Waals surface area contributed by atoms with Crippen LogP contribution in [0.4, 0.5) is 0 Å². The molecule has 0 spiro atoms. The van der Waals surface area contributed by atoms with Crippen molar-refractivity contribution in [2.45, 2.75) is 6.92 Å². The maximum absolute atomic E-state index is 4.91. The molecule has 0 saturated carbocycles. The first-order valence-electron chi connectivity index (χ1n) is 6.51. The van der Waals surface area contributed by atoms with Gasteiger partial charge < -0.3 is 0 Å². The molecule has 4 rings (SSSR count). The average molecular weight is 243 g/mol. The summed E-state index contributed by atoms with van der Waals surface area (Å²) in [6, 6.07) is 21.3. The Balaban J connectivity index is 2.27. The number of nitrogens with zero attached hydrogens (tertiary/aromatic N) is 1. The fourth-order valence-corrected chi connectivity index (χ4v) is 2.74. The fourth-order valence-electron chi connectivity index (χ4n) is 2.74. The molecule has 0 unspecified atom stereocenters. The molecule has 0 atom stereocenters. The van der Waals surface area contributed by atoms with Crippen LogP contribution in [0.15, 0.2) is 60.7 Å². The van der Waals surface area contributed by atoms with Crippen molar-refractivity contribution < 1.29 is 0 Å². The van der Waals surface area contributed by atoms with Gasteiger partial charge in [-0.05, 0) is 23.9 Å². The van der Waals surface area contributed by atoms with Gasteiger partial charge in [-0.3, -0.25) is 0 Å². The van der Waals surface area contributed by atoms with E-state index in [1.807, 2.05) is 0 Å². The zero-order valence-corrected chi connectivity index (χ0v) is 10.7. The van der Waals surface area contributed by atoms with E-state index in [4.69, 9.17) is 4.98 Å². The predicted molar refractivity (Wildman–Crippen MR) is 81.5 cm³/mol. The van der Waals surface area contributed by atoms with Crippen LogP contribution in [-0.4, -0.2) is 4.98 Å². The Morgan fingerprint density at radius 2 is 1.42 bits per heavy atom. The maximum Gasteiger partial charge on any atom is 0.0788 e. The van der Waals surface area contributed by atoms with Crippen LogP contribution in [0.2, 0.25) is 0 Å². The standard InChI is InChI=1S/C18H13N/c1-12-5-4-7-14-11-15-10-9-13-6-2-3-8-16(13)18(15)19-17(12)14/h2-11H,1H3. The van der Waals surface area contributed by atoms with Gasteiger partial charge in [-0.25, -0.2) is 4.98 Å². The van der Waals surface area contributed by atoms with Crippen molar-refractivity contribution in [1.82, 2.24) is 4.98 Å². The Bertz CT molecular complexity index is 922. The highest BCUT2D eigenvalue weighted by Crippen LogP contribution is 2.27. The minimum Gasteiger partial charge on any atom is -0.247 e. The Morgan fingerprint density at radius 3 is 2.37 bits per heavy atom.